The van der Waals surface area contributed by atoms with Gasteiger partial charge in [-0.05, 0) is 0 Å². The monoisotopic (exact) mass is 213 g/mol. The van der Waals surface area contributed by atoms with E-state index in [-0.39, 0.29) is 0 Å². The smallest absolute Gasteiger partial charge is 0.193 e. The molecule has 0 aliphatic rings. The van der Waals surface area contributed by atoms with Crippen LogP contribution in [-0.4, -0.2) is 24.6 Å². The molecule has 3 N–H and O–H groups in total. The molecular formula is C2H5Cl3O3P+. The Morgan fingerprint density at radius 2 is 1.44 bits per heavy atom. The van der Waals surface area contributed by atoms with E-state index in [9.17, 15) is 0 Å². The molecule has 0 spiro atoms. The lowest BCUT2D eigenvalue weighted by atomic mass is 10.9. The van der Waals surface area contributed by atoms with E-state index in [1.54, 1.807) is 0 Å². The van der Waals surface area contributed by atoms with Gasteiger partial charge in [0.2, 0.25) is 3.79 Å². The molecular weight excluding hydrogens is 209 g/mol. The molecule has 0 aliphatic heterocycles. The normalized spacial score (nSPS) is 14.0. The summed E-state index contributed by atoms with van der Waals surface area (Å²) in [5, 5.41) is 0. The van der Waals surface area contributed by atoms with Gasteiger partial charge in [-0.2, -0.15) is 14.7 Å². The van der Waals surface area contributed by atoms with Crippen LogP contribution in [0.2, 0.25) is 0 Å². The zero-order valence-electron chi connectivity index (χ0n) is 4.13. The maximum atomic E-state index is 8.32. The highest BCUT2D eigenvalue weighted by Crippen LogP contribution is 2.51. The van der Waals surface area contributed by atoms with Gasteiger partial charge in [-0.15, -0.1) is 0 Å². The Labute approximate surface area is 67.7 Å². The van der Waals surface area contributed by atoms with Crippen molar-refractivity contribution in [3.63, 3.8) is 0 Å². The lowest BCUT2D eigenvalue weighted by molar-refractivity contribution is 0.331. The van der Waals surface area contributed by atoms with Gasteiger partial charge >= 0.3 is 7.94 Å². The summed E-state index contributed by atoms with van der Waals surface area (Å²) in [4.78, 5) is 25.0. The summed E-state index contributed by atoms with van der Waals surface area (Å²) in [6.45, 7) is 0. The Hall–Kier alpha value is 1.18. The minimum absolute atomic E-state index is 0.634. The number of alkyl halides is 3. The van der Waals surface area contributed by atoms with Gasteiger partial charge in [-0.1, -0.05) is 34.8 Å². The highest BCUT2D eigenvalue weighted by molar-refractivity contribution is 7.59. The fourth-order valence-corrected chi connectivity index (χ4v) is 2.16. The van der Waals surface area contributed by atoms with Crippen LogP contribution in [0.3, 0.4) is 0 Å². The quantitative estimate of drug-likeness (QED) is 0.452. The highest BCUT2D eigenvalue weighted by Gasteiger charge is 2.41. The van der Waals surface area contributed by atoms with E-state index >= 15 is 0 Å². The number of hydrogen-bond acceptors (Lipinski definition) is 3. The van der Waals surface area contributed by atoms with Crippen molar-refractivity contribution in [2.45, 2.75) is 3.79 Å². The first-order valence-electron chi connectivity index (χ1n) is 1.84. The Kier molecular flexibility index (Phi) is 3.46. The number of hydrogen-bond donors (Lipinski definition) is 3. The van der Waals surface area contributed by atoms with Crippen molar-refractivity contribution < 1.29 is 14.7 Å². The zero-order valence-corrected chi connectivity index (χ0v) is 7.29. The van der Waals surface area contributed by atoms with Gasteiger partial charge in [0.1, 0.15) is 0 Å². The molecule has 56 valence electrons. The van der Waals surface area contributed by atoms with Crippen LogP contribution in [0.5, 0.6) is 0 Å². The van der Waals surface area contributed by atoms with Crippen molar-refractivity contribution in [1.29, 1.82) is 0 Å². The second kappa shape index (κ2) is 3.05. The minimum Gasteiger partial charge on any atom is -0.193 e. The molecule has 0 amide bonds. The fraction of sp³-hybridized carbons (Fsp3) is 1.00. The molecule has 0 aromatic carbocycles. The van der Waals surface area contributed by atoms with Crippen LogP contribution in [0.1, 0.15) is 0 Å². The Morgan fingerprint density at radius 1 is 1.11 bits per heavy atom. The van der Waals surface area contributed by atoms with E-state index < -0.39 is 17.9 Å². The van der Waals surface area contributed by atoms with Gasteiger partial charge in [0.05, 0.1) is 0 Å². The van der Waals surface area contributed by atoms with Gasteiger partial charge < -0.3 is 0 Å². The molecule has 3 nitrogen and oxygen atoms in total. The third-order valence-corrected chi connectivity index (χ3v) is 2.25. The van der Waals surface area contributed by atoms with Crippen LogP contribution in [-0.2, 0) is 0 Å². The topological polar surface area (TPSA) is 60.7 Å². The molecule has 0 rings (SSSR count). The number of halogens is 3. The van der Waals surface area contributed by atoms with Crippen molar-refractivity contribution in [1.82, 2.24) is 0 Å². The zero-order chi connectivity index (χ0) is 7.71. The van der Waals surface area contributed by atoms with E-state index in [2.05, 4.69) is 0 Å². The molecule has 0 heterocycles. The maximum absolute atomic E-state index is 8.32. The van der Waals surface area contributed by atoms with Gasteiger partial charge in [0.25, 0.3) is 0 Å². The third kappa shape index (κ3) is 9.18. The van der Waals surface area contributed by atoms with E-state index in [1.807, 2.05) is 0 Å². The van der Waals surface area contributed by atoms with Gasteiger partial charge in [-0.3, -0.25) is 0 Å². The van der Waals surface area contributed by atoms with Gasteiger partial charge in [-0.25, -0.2) is 0 Å². The molecule has 0 aliphatic carbocycles. The number of rotatable bonds is 1. The second-order valence-electron chi connectivity index (χ2n) is 1.47. The lowest BCUT2D eigenvalue weighted by Gasteiger charge is -2.09. The van der Waals surface area contributed by atoms with E-state index in [0.29, 0.717) is 0 Å². The van der Waals surface area contributed by atoms with E-state index in [0.717, 1.165) is 0 Å². The first-order chi connectivity index (χ1) is 3.71. The van der Waals surface area contributed by atoms with Crippen molar-refractivity contribution >= 4 is 42.7 Å². The van der Waals surface area contributed by atoms with Crippen LogP contribution < -0.4 is 0 Å². The SMILES string of the molecule is O[P+](O)(O)CC(Cl)(Cl)Cl. The van der Waals surface area contributed by atoms with Crippen molar-refractivity contribution in [3.05, 3.63) is 0 Å². The molecule has 0 bridgehead atoms. The summed E-state index contributed by atoms with van der Waals surface area (Å²) in [5.74, 6) is 0. The summed E-state index contributed by atoms with van der Waals surface area (Å²) >= 11 is 15.3. The standard InChI is InChI=1S/C2H5Cl3O3P/c3-2(4,5)1-9(6,7)8/h6-8H,1H2/q+1. The molecule has 0 aromatic heterocycles. The van der Waals surface area contributed by atoms with Crippen molar-refractivity contribution in [3.8, 4) is 0 Å². The molecule has 0 saturated heterocycles. The Bertz CT molecular complexity index is 82.2. The van der Waals surface area contributed by atoms with Gasteiger partial charge in [0, 0.05) is 0 Å². The fourth-order valence-electron chi connectivity index (χ4n) is 0.241. The van der Waals surface area contributed by atoms with E-state index in [1.165, 1.54) is 0 Å². The van der Waals surface area contributed by atoms with Gasteiger partial charge in [0.15, 0.2) is 6.16 Å². The van der Waals surface area contributed by atoms with Crippen LogP contribution in [0, 0.1) is 0 Å². The average molecular weight is 214 g/mol. The molecule has 0 fully saturated rings. The van der Waals surface area contributed by atoms with Crippen LogP contribution >= 0.6 is 42.7 Å². The van der Waals surface area contributed by atoms with Crippen LogP contribution in [0.4, 0.5) is 0 Å². The van der Waals surface area contributed by atoms with Crippen LogP contribution in [0.25, 0.3) is 0 Å². The summed E-state index contributed by atoms with van der Waals surface area (Å²) < 4.78 is -1.80. The summed E-state index contributed by atoms with van der Waals surface area (Å²) in [6.07, 6.45) is -0.634. The molecule has 0 radical (unpaired) electrons. The summed E-state index contributed by atoms with van der Waals surface area (Å²) in [5.41, 5.74) is 0. The largest absolute Gasteiger partial charge is 0.408 e. The van der Waals surface area contributed by atoms with Crippen LogP contribution in [0.15, 0.2) is 0 Å². The first-order valence-corrected chi connectivity index (χ1v) is 4.80. The molecule has 7 heteroatoms. The second-order valence-corrected chi connectivity index (χ2v) is 5.68. The molecule has 0 unspecified atom stereocenters. The predicted octanol–water partition coefficient (Wildman–Crippen LogP) is 1.10. The summed E-state index contributed by atoms with van der Waals surface area (Å²) in [7, 11) is -3.93. The lowest BCUT2D eigenvalue weighted by Crippen LogP contribution is -2.12. The predicted molar refractivity (Wildman–Crippen MR) is 38.7 cm³/mol. The van der Waals surface area contributed by atoms with Crippen molar-refractivity contribution in [2.75, 3.05) is 6.16 Å². The Morgan fingerprint density at radius 3 is 1.44 bits per heavy atom. The first kappa shape index (κ1) is 10.2. The molecule has 0 aromatic rings. The average Bonchev–Trinajstić information content (AvgIpc) is 1.14. The third-order valence-electron chi connectivity index (χ3n) is 0.391. The highest BCUT2D eigenvalue weighted by atomic mass is 35.6. The van der Waals surface area contributed by atoms with Crippen molar-refractivity contribution in [2.24, 2.45) is 0 Å². The Balaban J connectivity index is 3.75. The van der Waals surface area contributed by atoms with E-state index in [4.69, 9.17) is 49.5 Å². The molecule has 9 heavy (non-hydrogen) atoms. The molecule has 0 atom stereocenters. The summed E-state index contributed by atoms with van der Waals surface area (Å²) in [6, 6.07) is 0. The maximum Gasteiger partial charge on any atom is 0.408 e. The molecule has 0 saturated carbocycles. The minimum atomic E-state index is -3.93.